The van der Waals surface area contributed by atoms with Crippen LogP contribution < -0.4 is 0 Å². The molecule has 0 aliphatic heterocycles. The molecule has 0 aromatic carbocycles. The zero-order valence-corrected chi connectivity index (χ0v) is 9.33. The molecular formula is C10H10N2S2. The van der Waals surface area contributed by atoms with E-state index in [1.807, 2.05) is 5.40 Å². The Morgan fingerprint density at radius 2 is 2.21 bits per heavy atom. The summed E-state index contributed by atoms with van der Waals surface area (Å²) >= 11 is 2.23. The highest BCUT2D eigenvalue weighted by Gasteiger charge is 2.09. The standard InChI is InChI=1S/C10H10N2S2/c11-7-13-6-10(14-8-12)9-4-2-1-3-5-9/h4,6H,1-3,5H2/b10-6+. The summed E-state index contributed by atoms with van der Waals surface area (Å²) in [4.78, 5) is 0.943. The summed E-state index contributed by atoms with van der Waals surface area (Å²) in [6, 6.07) is 0. The van der Waals surface area contributed by atoms with Crippen molar-refractivity contribution in [3.8, 4) is 10.8 Å². The molecule has 0 aromatic heterocycles. The Morgan fingerprint density at radius 1 is 1.36 bits per heavy atom. The highest BCUT2D eigenvalue weighted by molar-refractivity contribution is 8.10. The van der Waals surface area contributed by atoms with Crippen molar-refractivity contribution >= 4 is 23.5 Å². The molecule has 14 heavy (non-hydrogen) atoms. The average molecular weight is 222 g/mol. The SMILES string of the molecule is N#CS/C=C(/SC#N)C1=CCCCC1. The molecule has 1 aliphatic carbocycles. The molecule has 0 spiro atoms. The van der Waals surface area contributed by atoms with Crippen LogP contribution in [0.5, 0.6) is 0 Å². The summed E-state index contributed by atoms with van der Waals surface area (Å²) in [5.74, 6) is 0. The van der Waals surface area contributed by atoms with Crippen LogP contribution in [0.3, 0.4) is 0 Å². The quantitative estimate of drug-likeness (QED) is 0.682. The van der Waals surface area contributed by atoms with Crippen LogP contribution >= 0.6 is 23.5 Å². The minimum atomic E-state index is 0.943. The zero-order valence-electron chi connectivity index (χ0n) is 7.69. The first-order valence-electron chi connectivity index (χ1n) is 4.38. The molecule has 0 amide bonds. The molecule has 0 bridgehead atoms. The van der Waals surface area contributed by atoms with Crippen molar-refractivity contribution in [1.29, 1.82) is 10.5 Å². The number of allylic oxidation sites excluding steroid dienone is 2. The van der Waals surface area contributed by atoms with Crippen molar-refractivity contribution in [2.24, 2.45) is 0 Å². The zero-order chi connectivity index (χ0) is 10.2. The lowest BCUT2D eigenvalue weighted by molar-refractivity contribution is 0.711. The fraction of sp³-hybridized carbons (Fsp3) is 0.400. The minimum Gasteiger partial charge on any atom is -0.185 e. The Morgan fingerprint density at radius 3 is 2.79 bits per heavy atom. The van der Waals surface area contributed by atoms with Gasteiger partial charge in [-0.05, 0) is 54.8 Å². The van der Waals surface area contributed by atoms with Gasteiger partial charge in [-0.25, -0.2) is 0 Å². The number of nitriles is 2. The number of hydrogen-bond acceptors (Lipinski definition) is 4. The number of hydrogen-bond donors (Lipinski definition) is 0. The smallest absolute Gasteiger partial charge is 0.138 e. The number of nitrogens with zero attached hydrogens (tertiary/aromatic N) is 2. The second-order valence-electron chi connectivity index (χ2n) is 2.86. The van der Waals surface area contributed by atoms with E-state index in [0.29, 0.717) is 0 Å². The molecular weight excluding hydrogens is 212 g/mol. The Balaban J connectivity index is 2.72. The second kappa shape index (κ2) is 6.59. The molecule has 4 heteroatoms. The average Bonchev–Trinajstić information content (AvgIpc) is 2.25. The monoisotopic (exact) mass is 222 g/mol. The minimum absolute atomic E-state index is 0.943. The summed E-state index contributed by atoms with van der Waals surface area (Å²) in [6.45, 7) is 0. The maximum Gasteiger partial charge on any atom is 0.138 e. The second-order valence-corrected chi connectivity index (χ2v) is 4.34. The predicted octanol–water partition coefficient (Wildman–Crippen LogP) is 3.76. The first-order chi connectivity index (χ1) is 6.88. The van der Waals surface area contributed by atoms with Gasteiger partial charge in [-0.3, -0.25) is 0 Å². The van der Waals surface area contributed by atoms with Crippen LogP contribution in [-0.4, -0.2) is 0 Å². The first kappa shape index (κ1) is 11.2. The van der Waals surface area contributed by atoms with Crippen LogP contribution in [0.1, 0.15) is 25.7 Å². The van der Waals surface area contributed by atoms with Crippen molar-refractivity contribution in [2.45, 2.75) is 25.7 Å². The molecule has 72 valence electrons. The Labute approximate surface area is 92.7 Å². The van der Waals surface area contributed by atoms with Gasteiger partial charge in [0.25, 0.3) is 0 Å². The maximum atomic E-state index is 8.62. The van der Waals surface area contributed by atoms with Crippen LogP contribution in [0, 0.1) is 21.3 Å². The highest BCUT2D eigenvalue weighted by Crippen LogP contribution is 2.32. The molecule has 0 saturated carbocycles. The van der Waals surface area contributed by atoms with Gasteiger partial charge in [0.2, 0.25) is 0 Å². The fourth-order valence-corrected chi connectivity index (χ4v) is 2.42. The summed E-state index contributed by atoms with van der Waals surface area (Å²) < 4.78 is 0. The Hall–Kier alpha value is -0.840. The van der Waals surface area contributed by atoms with E-state index < -0.39 is 0 Å². The van der Waals surface area contributed by atoms with E-state index >= 15 is 0 Å². The van der Waals surface area contributed by atoms with Gasteiger partial charge in [0.1, 0.15) is 10.8 Å². The summed E-state index contributed by atoms with van der Waals surface area (Å²) in [5, 5.41) is 22.9. The van der Waals surface area contributed by atoms with Gasteiger partial charge in [0, 0.05) is 10.3 Å². The lowest BCUT2D eigenvalue weighted by Crippen LogP contribution is -1.92. The van der Waals surface area contributed by atoms with Crippen LogP contribution in [0.25, 0.3) is 0 Å². The normalized spacial score (nSPS) is 16.7. The van der Waals surface area contributed by atoms with Gasteiger partial charge < -0.3 is 0 Å². The summed E-state index contributed by atoms with van der Waals surface area (Å²) in [5.41, 5.74) is 1.23. The molecule has 0 heterocycles. The first-order valence-corrected chi connectivity index (χ1v) is 6.08. The molecule has 0 fully saturated rings. The number of rotatable bonds is 3. The predicted molar refractivity (Wildman–Crippen MR) is 61.0 cm³/mol. The molecule has 1 rings (SSSR count). The van der Waals surface area contributed by atoms with Crippen LogP contribution in [0.15, 0.2) is 22.0 Å². The molecule has 1 aliphatic rings. The van der Waals surface area contributed by atoms with E-state index in [4.69, 9.17) is 10.5 Å². The third-order valence-corrected chi connectivity index (χ3v) is 3.28. The van der Waals surface area contributed by atoms with Gasteiger partial charge in [-0.1, -0.05) is 6.08 Å². The Kier molecular flexibility index (Phi) is 5.29. The largest absolute Gasteiger partial charge is 0.185 e. The Bertz CT molecular complexity index is 331. The van der Waals surface area contributed by atoms with Gasteiger partial charge in [0.15, 0.2) is 0 Å². The summed E-state index contributed by atoms with van der Waals surface area (Å²) in [7, 11) is 0. The van der Waals surface area contributed by atoms with Gasteiger partial charge >= 0.3 is 0 Å². The van der Waals surface area contributed by atoms with E-state index in [2.05, 4.69) is 11.5 Å². The molecule has 0 N–H and O–H groups in total. The topological polar surface area (TPSA) is 47.6 Å². The lowest BCUT2D eigenvalue weighted by atomic mass is 10.00. The van der Waals surface area contributed by atoms with E-state index in [1.165, 1.54) is 18.4 Å². The van der Waals surface area contributed by atoms with Crippen LogP contribution in [0.4, 0.5) is 0 Å². The molecule has 0 radical (unpaired) electrons. The van der Waals surface area contributed by atoms with Crippen LogP contribution in [0.2, 0.25) is 0 Å². The molecule has 0 unspecified atom stereocenters. The van der Waals surface area contributed by atoms with Gasteiger partial charge in [-0.2, -0.15) is 10.5 Å². The lowest BCUT2D eigenvalue weighted by Gasteiger charge is -2.12. The molecule has 0 saturated heterocycles. The molecule has 0 aromatic rings. The van der Waals surface area contributed by atoms with Crippen molar-refractivity contribution in [2.75, 3.05) is 0 Å². The van der Waals surface area contributed by atoms with E-state index in [-0.39, 0.29) is 0 Å². The molecule has 2 nitrogen and oxygen atoms in total. The van der Waals surface area contributed by atoms with Gasteiger partial charge in [0.05, 0.1) is 0 Å². The van der Waals surface area contributed by atoms with Crippen molar-refractivity contribution in [3.63, 3.8) is 0 Å². The van der Waals surface area contributed by atoms with E-state index in [0.717, 1.165) is 41.3 Å². The maximum absolute atomic E-state index is 8.62. The number of thiocyanates is 2. The van der Waals surface area contributed by atoms with Crippen molar-refractivity contribution < 1.29 is 0 Å². The van der Waals surface area contributed by atoms with E-state index in [1.54, 1.807) is 5.41 Å². The third-order valence-electron chi connectivity index (χ3n) is 1.98. The van der Waals surface area contributed by atoms with Crippen molar-refractivity contribution in [3.05, 3.63) is 22.0 Å². The van der Waals surface area contributed by atoms with Crippen molar-refractivity contribution in [1.82, 2.24) is 0 Å². The van der Waals surface area contributed by atoms with E-state index in [9.17, 15) is 0 Å². The van der Waals surface area contributed by atoms with Crippen LogP contribution in [-0.2, 0) is 0 Å². The molecule has 0 atom stereocenters. The fourth-order valence-electron chi connectivity index (χ4n) is 1.36. The van der Waals surface area contributed by atoms with Gasteiger partial charge in [-0.15, -0.1) is 0 Å². The highest BCUT2D eigenvalue weighted by atomic mass is 32.2. The number of thioether (sulfide) groups is 2. The third kappa shape index (κ3) is 3.49. The summed E-state index contributed by atoms with van der Waals surface area (Å²) in [6.07, 6.45) is 6.73.